The highest BCUT2D eigenvalue weighted by atomic mass is 14.7. The highest BCUT2D eigenvalue weighted by Crippen LogP contribution is 2.27. The Hall–Kier alpha value is -1.28. The third-order valence-corrected chi connectivity index (χ3v) is 3.23. The van der Waals surface area contributed by atoms with Crippen LogP contribution in [-0.4, -0.2) is 11.0 Å². The van der Waals surface area contributed by atoms with Crippen molar-refractivity contribution in [2.75, 3.05) is 0 Å². The van der Waals surface area contributed by atoms with Crippen LogP contribution < -0.4 is 5.73 Å². The topological polar surface area (TPSA) is 41.8 Å². The average molecular weight is 202 g/mol. The molecule has 3 N–H and O–H groups in total. The Kier molecular flexibility index (Phi) is 2.78. The fourth-order valence-electron chi connectivity index (χ4n) is 2.05. The minimum absolute atomic E-state index is 0.240. The van der Waals surface area contributed by atoms with Crippen LogP contribution in [0.4, 0.5) is 0 Å². The van der Waals surface area contributed by atoms with Gasteiger partial charge in [0.2, 0.25) is 0 Å². The second kappa shape index (κ2) is 4.07. The van der Waals surface area contributed by atoms with Gasteiger partial charge in [-0.15, -0.1) is 0 Å². The van der Waals surface area contributed by atoms with Crippen LogP contribution in [0, 0.1) is 0 Å². The number of para-hydroxylation sites is 1. The van der Waals surface area contributed by atoms with E-state index in [2.05, 4.69) is 43.2 Å². The van der Waals surface area contributed by atoms with E-state index in [9.17, 15) is 0 Å². The molecular weight excluding hydrogens is 184 g/mol. The summed E-state index contributed by atoms with van der Waals surface area (Å²) < 4.78 is 0. The van der Waals surface area contributed by atoms with Crippen LogP contribution in [0.3, 0.4) is 0 Å². The molecule has 1 aromatic carbocycles. The van der Waals surface area contributed by atoms with E-state index in [0.717, 1.165) is 6.42 Å². The number of hydrogen-bond donors (Lipinski definition) is 2. The van der Waals surface area contributed by atoms with Crippen LogP contribution in [0.5, 0.6) is 0 Å². The van der Waals surface area contributed by atoms with Crippen molar-refractivity contribution in [2.24, 2.45) is 5.73 Å². The molecule has 2 heteroatoms. The lowest BCUT2D eigenvalue weighted by atomic mass is 9.92. The zero-order chi connectivity index (χ0) is 10.8. The average Bonchev–Trinajstić information content (AvgIpc) is 2.70. The summed E-state index contributed by atoms with van der Waals surface area (Å²) in [5.41, 5.74) is 8.62. The van der Waals surface area contributed by atoms with Crippen molar-refractivity contribution in [3.8, 4) is 0 Å². The third kappa shape index (κ3) is 1.77. The first kappa shape index (κ1) is 10.2. The third-order valence-electron chi connectivity index (χ3n) is 3.23. The number of H-pyrrole nitrogens is 1. The molecule has 0 amide bonds. The molecule has 0 aliphatic heterocycles. The number of fused-ring (bicyclic) bond motifs is 1. The second-order valence-electron chi connectivity index (χ2n) is 4.15. The van der Waals surface area contributed by atoms with Gasteiger partial charge in [0.05, 0.1) is 0 Å². The van der Waals surface area contributed by atoms with Crippen molar-refractivity contribution in [2.45, 2.75) is 32.2 Å². The fourth-order valence-corrected chi connectivity index (χ4v) is 2.05. The van der Waals surface area contributed by atoms with Crippen LogP contribution in [0.25, 0.3) is 10.9 Å². The maximum Gasteiger partial charge on any atom is 0.0456 e. The highest BCUT2D eigenvalue weighted by molar-refractivity contribution is 5.83. The van der Waals surface area contributed by atoms with Gasteiger partial charge >= 0.3 is 0 Å². The molecule has 2 aromatic rings. The molecule has 1 aromatic heterocycles. The number of aromatic nitrogens is 1. The van der Waals surface area contributed by atoms with Gasteiger partial charge in [-0.25, -0.2) is 0 Å². The number of aromatic amines is 1. The largest absolute Gasteiger partial charge is 0.361 e. The molecule has 1 heterocycles. The van der Waals surface area contributed by atoms with Crippen LogP contribution in [0.15, 0.2) is 30.5 Å². The molecule has 0 aliphatic carbocycles. The molecular formula is C13H18N2. The van der Waals surface area contributed by atoms with E-state index in [1.807, 2.05) is 6.07 Å². The molecule has 0 saturated carbocycles. The molecule has 0 aliphatic rings. The maximum absolute atomic E-state index is 6.08. The van der Waals surface area contributed by atoms with Gasteiger partial charge < -0.3 is 10.7 Å². The van der Waals surface area contributed by atoms with Gasteiger partial charge in [-0.2, -0.15) is 0 Å². The number of nitrogens with two attached hydrogens (primary N) is 1. The van der Waals surface area contributed by atoms with Gasteiger partial charge in [0.25, 0.3) is 0 Å². The summed E-state index contributed by atoms with van der Waals surface area (Å²) in [7, 11) is 0. The lowest BCUT2D eigenvalue weighted by molar-refractivity contribution is 0.554. The summed E-state index contributed by atoms with van der Waals surface area (Å²) in [6.07, 6.45) is 3.10. The van der Waals surface area contributed by atoms with E-state index in [1.165, 1.54) is 16.5 Å². The van der Waals surface area contributed by atoms with E-state index in [0.29, 0.717) is 5.92 Å². The molecule has 15 heavy (non-hydrogen) atoms. The van der Waals surface area contributed by atoms with Gasteiger partial charge in [-0.3, -0.25) is 0 Å². The number of hydrogen-bond acceptors (Lipinski definition) is 1. The summed E-state index contributed by atoms with van der Waals surface area (Å²) in [5, 5.41) is 1.30. The monoisotopic (exact) mass is 202 g/mol. The molecule has 0 saturated heterocycles. The van der Waals surface area contributed by atoms with Crippen LogP contribution >= 0.6 is 0 Å². The minimum Gasteiger partial charge on any atom is -0.361 e. The maximum atomic E-state index is 6.08. The molecule has 0 bridgehead atoms. The van der Waals surface area contributed by atoms with Crippen molar-refractivity contribution < 1.29 is 0 Å². The second-order valence-corrected chi connectivity index (χ2v) is 4.15. The van der Waals surface area contributed by atoms with Crippen molar-refractivity contribution in [1.29, 1.82) is 0 Å². The van der Waals surface area contributed by atoms with Crippen molar-refractivity contribution in [3.05, 3.63) is 36.0 Å². The number of rotatable bonds is 3. The van der Waals surface area contributed by atoms with Crippen molar-refractivity contribution >= 4 is 10.9 Å². The number of benzene rings is 1. The van der Waals surface area contributed by atoms with Crippen LogP contribution in [-0.2, 0) is 0 Å². The smallest absolute Gasteiger partial charge is 0.0456 e. The van der Waals surface area contributed by atoms with Crippen molar-refractivity contribution in [3.63, 3.8) is 0 Å². The summed E-state index contributed by atoms with van der Waals surface area (Å²) in [5.74, 6) is 0.408. The normalized spacial score (nSPS) is 15.4. The first-order valence-corrected chi connectivity index (χ1v) is 5.55. The SMILES string of the molecule is CC[C@@H](N)[C@H](C)c1c[nH]c2ccccc12. The summed E-state index contributed by atoms with van der Waals surface area (Å²) in [6, 6.07) is 8.61. The lowest BCUT2D eigenvalue weighted by Crippen LogP contribution is -2.25. The molecule has 0 radical (unpaired) electrons. The quantitative estimate of drug-likeness (QED) is 0.789. The molecule has 2 rings (SSSR count). The predicted molar refractivity (Wildman–Crippen MR) is 65.0 cm³/mol. The Morgan fingerprint density at radius 1 is 1.33 bits per heavy atom. The van der Waals surface area contributed by atoms with E-state index < -0.39 is 0 Å². The molecule has 80 valence electrons. The Balaban J connectivity index is 2.43. The standard InChI is InChI=1S/C13H18N2/c1-3-12(14)9(2)11-8-15-13-7-5-4-6-10(11)13/h4-9,12,15H,3,14H2,1-2H3/t9-,12-/m1/s1. The molecule has 2 nitrogen and oxygen atoms in total. The summed E-state index contributed by atoms with van der Waals surface area (Å²) in [6.45, 7) is 4.33. The Morgan fingerprint density at radius 2 is 2.07 bits per heavy atom. The Labute approximate surface area is 90.5 Å². The molecule has 2 atom stereocenters. The van der Waals surface area contributed by atoms with E-state index >= 15 is 0 Å². The van der Waals surface area contributed by atoms with Crippen LogP contribution in [0.1, 0.15) is 31.7 Å². The van der Waals surface area contributed by atoms with Gasteiger partial charge in [-0.05, 0) is 24.0 Å². The lowest BCUT2D eigenvalue weighted by Gasteiger charge is -2.17. The first-order chi connectivity index (χ1) is 7.24. The zero-order valence-electron chi connectivity index (χ0n) is 9.33. The predicted octanol–water partition coefficient (Wildman–Crippen LogP) is 3.01. The molecule has 0 spiro atoms. The van der Waals surface area contributed by atoms with Gasteiger partial charge in [0, 0.05) is 23.1 Å². The summed E-state index contributed by atoms with van der Waals surface area (Å²) >= 11 is 0. The fraction of sp³-hybridized carbons (Fsp3) is 0.385. The van der Waals surface area contributed by atoms with Gasteiger partial charge in [0.1, 0.15) is 0 Å². The van der Waals surface area contributed by atoms with Gasteiger partial charge in [-0.1, -0.05) is 32.0 Å². The molecule has 0 unspecified atom stereocenters. The van der Waals surface area contributed by atoms with E-state index in [1.54, 1.807) is 0 Å². The first-order valence-electron chi connectivity index (χ1n) is 5.55. The van der Waals surface area contributed by atoms with E-state index in [-0.39, 0.29) is 6.04 Å². The van der Waals surface area contributed by atoms with Crippen molar-refractivity contribution in [1.82, 2.24) is 4.98 Å². The molecule has 0 fully saturated rings. The highest BCUT2D eigenvalue weighted by Gasteiger charge is 2.16. The minimum atomic E-state index is 0.240. The van der Waals surface area contributed by atoms with Crippen LogP contribution in [0.2, 0.25) is 0 Å². The zero-order valence-corrected chi connectivity index (χ0v) is 9.33. The van der Waals surface area contributed by atoms with Gasteiger partial charge in [0.15, 0.2) is 0 Å². The summed E-state index contributed by atoms with van der Waals surface area (Å²) in [4.78, 5) is 3.29. The Morgan fingerprint density at radius 3 is 2.80 bits per heavy atom. The Bertz CT molecular complexity index is 444. The number of nitrogens with one attached hydrogen (secondary N) is 1. The van der Waals surface area contributed by atoms with E-state index in [4.69, 9.17) is 5.73 Å².